The second-order valence-electron chi connectivity index (χ2n) is 6.30. The average molecular weight is 469 g/mol. The maximum atomic E-state index is 12.7. The molecule has 28 heavy (non-hydrogen) atoms. The fourth-order valence-corrected chi connectivity index (χ4v) is 4.48. The molecule has 1 aliphatic rings. The molecule has 3 rings (SSSR count). The minimum atomic E-state index is -3.59. The van der Waals surface area contributed by atoms with Crippen LogP contribution in [0.25, 0.3) is 0 Å². The van der Waals surface area contributed by atoms with E-state index in [0.29, 0.717) is 33.8 Å². The van der Waals surface area contributed by atoms with Gasteiger partial charge in [0.15, 0.2) is 11.5 Å². The normalized spacial score (nSPS) is 13.8. The smallest absolute Gasteiger partial charge is 0.255 e. The number of ether oxygens (including phenoxy) is 2. The third kappa shape index (κ3) is 4.84. The zero-order valence-electron chi connectivity index (χ0n) is 15.5. The van der Waals surface area contributed by atoms with Gasteiger partial charge in [-0.2, -0.15) is 0 Å². The first-order valence-electron chi connectivity index (χ1n) is 8.78. The Morgan fingerprint density at radius 3 is 2.64 bits per heavy atom. The highest BCUT2D eigenvalue weighted by molar-refractivity contribution is 9.10. The first-order valence-corrected chi connectivity index (χ1v) is 11.1. The predicted octanol–water partition coefficient (Wildman–Crippen LogP) is 3.55. The molecule has 150 valence electrons. The molecular weight excluding hydrogens is 448 g/mol. The fourth-order valence-electron chi connectivity index (χ4n) is 2.57. The molecule has 0 aromatic heterocycles. The Hall–Kier alpha value is -2.10. The van der Waals surface area contributed by atoms with Crippen LogP contribution in [0.3, 0.4) is 0 Å². The molecular formula is C19H21BrN2O5S. The van der Waals surface area contributed by atoms with Gasteiger partial charge in [-0.15, -0.1) is 0 Å². The fraction of sp³-hybridized carbons (Fsp3) is 0.316. The van der Waals surface area contributed by atoms with Crippen LogP contribution in [0.1, 0.15) is 30.1 Å². The molecule has 1 saturated carbocycles. The average Bonchev–Trinajstić information content (AvgIpc) is 3.46. The lowest BCUT2D eigenvalue weighted by Crippen LogP contribution is -2.25. The van der Waals surface area contributed by atoms with Gasteiger partial charge in [-0.3, -0.25) is 4.79 Å². The van der Waals surface area contributed by atoms with E-state index in [0.717, 1.165) is 12.8 Å². The van der Waals surface area contributed by atoms with Crippen molar-refractivity contribution in [2.75, 3.05) is 19.0 Å². The van der Waals surface area contributed by atoms with Crippen LogP contribution in [-0.4, -0.2) is 34.1 Å². The van der Waals surface area contributed by atoms with Crippen molar-refractivity contribution in [1.29, 1.82) is 0 Å². The highest BCUT2D eigenvalue weighted by Crippen LogP contribution is 2.37. The van der Waals surface area contributed by atoms with Gasteiger partial charge in [0.2, 0.25) is 10.0 Å². The molecule has 2 aromatic carbocycles. The summed E-state index contributed by atoms with van der Waals surface area (Å²) in [6, 6.07) is 9.36. The Labute approximate surface area is 172 Å². The third-order valence-electron chi connectivity index (χ3n) is 4.08. The summed E-state index contributed by atoms with van der Waals surface area (Å²) >= 11 is 3.39. The van der Waals surface area contributed by atoms with Gasteiger partial charge in [-0.05, 0) is 66.0 Å². The van der Waals surface area contributed by atoms with Gasteiger partial charge >= 0.3 is 0 Å². The molecule has 2 aromatic rings. The number of nitrogens with one attached hydrogen (secondary N) is 2. The van der Waals surface area contributed by atoms with Gasteiger partial charge < -0.3 is 14.8 Å². The van der Waals surface area contributed by atoms with Crippen LogP contribution >= 0.6 is 15.9 Å². The van der Waals surface area contributed by atoms with Crippen LogP contribution in [0.15, 0.2) is 45.8 Å². The van der Waals surface area contributed by atoms with Crippen molar-refractivity contribution in [1.82, 2.24) is 4.72 Å². The quantitative estimate of drug-likeness (QED) is 0.617. The van der Waals surface area contributed by atoms with Crippen molar-refractivity contribution in [3.63, 3.8) is 0 Å². The number of hydrogen-bond acceptors (Lipinski definition) is 5. The number of carbonyl (C=O) groups excluding carboxylic acids is 1. The summed E-state index contributed by atoms with van der Waals surface area (Å²) in [5.41, 5.74) is 0.726. The van der Waals surface area contributed by atoms with Crippen LogP contribution in [0.4, 0.5) is 5.69 Å². The molecule has 1 aliphatic carbocycles. The zero-order valence-corrected chi connectivity index (χ0v) is 17.9. The molecule has 1 amide bonds. The number of halogens is 1. The summed E-state index contributed by atoms with van der Waals surface area (Å²) in [5.74, 6) is 0.541. The maximum Gasteiger partial charge on any atom is 0.255 e. The molecule has 1 fully saturated rings. The van der Waals surface area contributed by atoms with E-state index in [-0.39, 0.29) is 10.9 Å². The van der Waals surface area contributed by atoms with Crippen molar-refractivity contribution < 1.29 is 22.7 Å². The molecule has 7 nitrogen and oxygen atoms in total. The molecule has 9 heteroatoms. The summed E-state index contributed by atoms with van der Waals surface area (Å²) in [6.07, 6.45) is 1.70. The van der Waals surface area contributed by atoms with Crippen molar-refractivity contribution >= 4 is 37.5 Å². The number of amides is 1. The molecule has 0 spiro atoms. The van der Waals surface area contributed by atoms with Gasteiger partial charge in [-0.25, -0.2) is 13.1 Å². The van der Waals surface area contributed by atoms with E-state index in [1.54, 1.807) is 24.3 Å². The maximum absolute atomic E-state index is 12.7. The Kier molecular flexibility index (Phi) is 6.26. The summed E-state index contributed by atoms with van der Waals surface area (Å²) in [7, 11) is -2.10. The molecule has 0 aliphatic heterocycles. The molecule has 0 unspecified atom stereocenters. The highest BCUT2D eigenvalue weighted by Gasteiger charge is 2.28. The number of anilines is 1. The number of carbonyl (C=O) groups is 1. The van der Waals surface area contributed by atoms with Gasteiger partial charge in [-0.1, -0.05) is 6.07 Å². The van der Waals surface area contributed by atoms with Gasteiger partial charge in [0.1, 0.15) is 0 Å². The zero-order chi connectivity index (χ0) is 20.3. The number of benzene rings is 2. The lowest BCUT2D eigenvalue weighted by Gasteiger charge is -2.14. The first-order chi connectivity index (χ1) is 13.3. The highest BCUT2D eigenvalue weighted by atomic mass is 79.9. The summed E-state index contributed by atoms with van der Waals surface area (Å²) < 4.78 is 38.8. The number of hydrogen-bond donors (Lipinski definition) is 2. The Balaban J connectivity index is 1.81. The molecule has 0 heterocycles. The van der Waals surface area contributed by atoms with E-state index in [9.17, 15) is 13.2 Å². The number of sulfonamides is 1. The Bertz CT molecular complexity index is 990. The van der Waals surface area contributed by atoms with E-state index in [1.807, 2.05) is 6.92 Å². The minimum absolute atomic E-state index is 0.0110. The monoisotopic (exact) mass is 468 g/mol. The molecule has 0 saturated heterocycles. The molecule has 0 atom stereocenters. The van der Waals surface area contributed by atoms with E-state index >= 15 is 0 Å². The van der Waals surface area contributed by atoms with E-state index in [4.69, 9.17) is 9.47 Å². The Morgan fingerprint density at radius 1 is 1.25 bits per heavy atom. The number of rotatable bonds is 8. The minimum Gasteiger partial charge on any atom is -0.493 e. The van der Waals surface area contributed by atoms with Crippen molar-refractivity contribution in [3.05, 3.63) is 46.4 Å². The van der Waals surface area contributed by atoms with Gasteiger partial charge in [0.05, 0.1) is 23.1 Å². The standard InChI is InChI=1S/C19H21BrN2O5S/c1-3-27-18-16(20)9-12(10-17(18)26-2)19(23)21-14-5-4-6-15(11-14)28(24,25)22-13-7-8-13/h4-6,9-11,13,22H,3,7-8H2,1-2H3,(H,21,23). The number of methoxy groups -OCH3 is 1. The van der Waals surface area contributed by atoms with Crippen molar-refractivity contribution in [3.8, 4) is 11.5 Å². The molecule has 0 radical (unpaired) electrons. The van der Waals surface area contributed by atoms with E-state index in [2.05, 4.69) is 26.0 Å². The van der Waals surface area contributed by atoms with Gasteiger partial charge in [0, 0.05) is 17.3 Å². The largest absolute Gasteiger partial charge is 0.493 e. The summed E-state index contributed by atoms with van der Waals surface area (Å²) in [5, 5.41) is 2.72. The van der Waals surface area contributed by atoms with Crippen LogP contribution < -0.4 is 19.5 Å². The van der Waals surface area contributed by atoms with Crippen molar-refractivity contribution in [2.24, 2.45) is 0 Å². The van der Waals surface area contributed by atoms with Crippen LogP contribution in [0, 0.1) is 0 Å². The molecule has 0 bridgehead atoms. The molecule has 2 N–H and O–H groups in total. The SMILES string of the molecule is CCOc1c(Br)cc(C(=O)Nc2cccc(S(=O)(=O)NC3CC3)c2)cc1OC. The summed E-state index contributed by atoms with van der Waals surface area (Å²) in [4.78, 5) is 12.8. The summed E-state index contributed by atoms with van der Waals surface area (Å²) in [6.45, 7) is 2.31. The lowest BCUT2D eigenvalue weighted by atomic mass is 10.2. The first kappa shape index (κ1) is 20.6. The van der Waals surface area contributed by atoms with Crippen molar-refractivity contribution in [2.45, 2.75) is 30.7 Å². The topological polar surface area (TPSA) is 93.7 Å². The third-order valence-corrected chi connectivity index (χ3v) is 6.19. The second-order valence-corrected chi connectivity index (χ2v) is 8.87. The lowest BCUT2D eigenvalue weighted by molar-refractivity contribution is 0.102. The predicted molar refractivity (Wildman–Crippen MR) is 110 cm³/mol. The second kappa shape index (κ2) is 8.50. The Morgan fingerprint density at radius 2 is 2.00 bits per heavy atom. The van der Waals surface area contributed by atoms with Crippen LogP contribution in [0.5, 0.6) is 11.5 Å². The van der Waals surface area contributed by atoms with E-state index < -0.39 is 15.9 Å². The van der Waals surface area contributed by atoms with Crippen LogP contribution in [0.2, 0.25) is 0 Å². The van der Waals surface area contributed by atoms with E-state index in [1.165, 1.54) is 19.2 Å². The van der Waals surface area contributed by atoms with Gasteiger partial charge in [0.25, 0.3) is 5.91 Å². The van der Waals surface area contributed by atoms with Crippen LogP contribution in [-0.2, 0) is 10.0 Å².